The van der Waals surface area contributed by atoms with Gasteiger partial charge < -0.3 is 14.5 Å². The highest BCUT2D eigenvalue weighted by atomic mass is 16.7. The average Bonchev–Trinajstić information content (AvgIpc) is 2.69. The second-order valence-corrected chi connectivity index (χ2v) is 3.12. The molecule has 1 aliphatic heterocycles. The average molecular weight is 196 g/mol. The number of hydrogen-bond acceptors (Lipinski definition) is 4. The molecular formula is C9H12N2O3. The van der Waals surface area contributed by atoms with Crippen LogP contribution in [0.25, 0.3) is 0 Å². The summed E-state index contributed by atoms with van der Waals surface area (Å²) < 4.78 is 10.5. The molecule has 1 fully saturated rings. The molecule has 0 aromatic carbocycles. The van der Waals surface area contributed by atoms with Gasteiger partial charge in [0.1, 0.15) is 0 Å². The highest BCUT2D eigenvalue weighted by molar-refractivity contribution is 5.03. The van der Waals surface area contributed by atoms with Gasteiger partial charge in [-0.25, -0.2) is 4.98 Å². The van der Waals surface area contributed by atoms with Crippen molar-refractivity contribution in [3.63, 3.8) is 0 Å². The molecule has 0 atom stereocenters. The van der Waals surface area contributed by atoms with Gasteiger partial charge in [-0.2, -0.15) is 0 Å². The van der Waals surface area contributed by atoms with Gasteiger partial charge in [0, 0.05) is 18.2 Å². The molecule has 1 aromatic heterocycles. The molecule has 1 saturated heterocycles. The summed E-state index contributed by atoms with van der Waals surface area (Å²) in [6, 6.07) is 0. The van der Waals surface area contributed by atoms with Crippen LogP contribution in [0.4, 0.5) is 0 Å². The lowest BCUT2D eigenvalue weighted by atomic mass is 10.2. The third kappa shape index (κ3) is 2.18. The van der Waals surface area contributed by atoms with Crippen LogP contribution in [-0.4, -0.2) is 29.5 Å². The Kier molecular flexibility index (Phi) is 2.90. The van der Waals surface area contributed by atoms with Crippen molar-refractivity contribution in [1.82, 2.24) is 9.97 Å². The molecule has 0 amide bonds. The molecule has 0 spiro atoms. The summed E-state index contributed by atoms with van der Waals surface area (Å²) in [5, 5.41) is 0. The van der Waals surface area contributed by atoms with E-state index in [1.54, 1.807) is 6.20 Å². The van der Waals surface area contributed by atoms with E-state index < -0.39 is 0 Å². The van der Waals surface area contributed by atoms with Crippen molar-refractivity contribution in [2.75, 3.05) is 13.2 Å². The molecule has 0 aliphatic carbocycles. The van der Waals surface area contributed by atoms with Crippen molar-refractivity contribution in [3.05, 3.63) is 28.4 Å². The zero-order valence-electron chi connectivity index (χ0n) is 7.73. The highest BCUT2D eigenvalue weighted by Gasteiger charge is 2.15. The lowest BCUT2D eigenvalue weighted by Gasteiger charge is -2.07. The van der Waals surface area contributed by atoms with Crippen molar-refractivity contribution < 1.29 is 9.47 Å². The van der Waals surface area contributed by atoms with E-state index in [-0.39, 0.29) is 11.8 Å². The maximum Gasteiger partial charge on any atom is 0.253 e. The SMILES string of the molecule is O=c1[nH]cncc1CCC1OCCO1. The fourth-order valence-electron chi connectivity index (χ4n) is 1.40. The van der Waals surface area contributed by atoms with E-state index in [1.165, 1.54) is 6.33 Å². The van der Waals surface area contributed by atoms with E-state index >= 15 is 0 Å². The van der Waals surface area contributed by atoms with Gasteiger partial charge >= 0.3 is 0 Å². The molecule has 0 saturated carbocycles. The summed E-state index contributed by atoms with van der Waals surface area (Å²) in [5.41, 5.74) is 0.588. The van der Waals surface area contributed by atoms with E-state index in [0.29, 0.717) is 31.6 Å². The Morgan fingerprint density at radius 3 is 3.00 bits per heavy atom. The lowest BCUT2D eigenvalue weighted by molar-refractivity contribution is -0.0462. The summed E-state index contributed by atoms with van der Waals surface area (Å²) in [4.78, 5) is 17.6. The van der Waals surface area contributed by atoms with Crippen molar-refractivity contribution in [2.24, 2.45) is 0 Å². The zero-order chi connectivity index (χ0) is 9.80. The first kappa shape index (κ1) is 9.36. The molecule has 14 heavy (non-hydrogen) atoms. The largest absolute Gasteiger partial charge is 0.350 e. The second-order valence-electron chi connectivity index (χ2n) is 3.12. The van der Waals surface area contributed by atoms with E-state index in [2.05, 4.69) is 9.97 Å². The lowest BCUT2D eigenvalue weighted by Crippen LogP contribution is -2.16. The molecule has 0 bridgehead atoms. The van der Waals surface area contributed by atoms with E-state index in [9.17, 15) is 4.79 Å². The summed E-state index contributed by atoms with van der Waals surface area (Å²) in [6.45, 7) is 1.29. The predicted octanol–water partition coefficient (Wildman–Crippen LogP) is 0.0754. The van der Waals surface area contributed by atoms with Crippen LogP contribution in [0.3, 0.4) is 0 Å². The number of hydrogen-bond donors (Lipinski definition) is 1. The highest BCUT2D eigenvalue weighted by Crippen LogP contribution is 2.09. The number of ether oxygens (including phenoxy) is 2. The maximum atomic E-state index is 11.2. The van der Waals surface area contributed by atoms with Gasteiger partial charge in [0.2, 0.25) is 0 Å². The number of aryl methyl sites for hydroxylation is 1. The topological polar surface area (TPSA) is 64.2 Å². The molecule has 0 radical (unpaired) electrons. The second kappa shape index (κ2) is 4.34. The zero-order valence-corrected chi connectivity index (χ0v) is 7.73. The molecule has 1 aromatic rings. The molecule has 1 N–H and O–H groups in total. The minimum atomic E-state index is -0.158. The maximum absolute atomic E-state index is 11.2. The molecule has 0 unspecified atom stereocenters. The van der Waals surface area contributed by atoms with Gasteiger partial charge in [-0.15, -0.1) is 0 Å². The van der Waals surface area contributed by atoms with Gasteiger partial charge in [0.25, 0.3) is 5.56 Å². The fraction of sp³-hybridized carbons (Fsp3) is 0.556. The Balaban J connectivity index is 1.91. The first-order valence-electron chi connectivity index (χ1n) is 4.61. The third-order valence-corrected chi connectivity index (χ3v) is 2.13. The number of nitrogens with zero attached hydrogens (tertiary/aromatic N) is 1. The number of aromatic amines is 1. The monoisotopic (exact) mass is 196 g/mol. The molecule has 1 aliphatic rings. The van der Waals surface area contributed by atoms with Crippen LogP contribution in [0.15, 0.2) is 17.3 Å². The summed E-state index contributed by atoms with van der Waals surface area (Å²) >= 11 is 0. The minimum Gasteiger partial charge on any atom is -0.350 e. The fourth-order valence-corrected chi connectivity index (χ4v) is 1.40. The van der Waals surface area contributed by atoms with E-state index in [0.717, 1.165) is 0 Å². The van der Waals surface area contributed by atoms with Crippen LogP contribution in [0, 0.1) is 0 Å². The molecular weight excluding hydrogens is 184 g/mol. The van der Waals surface area contributed by atoms with Crippen LogP contribution in [0.2, 0.25) is 0 Å². The quantitative estimate of drug-likeness (QED) is 0.743. The van der Waals surface area contributed by atoms with Crippen molar-refractivity contribution in [2.45, 2.75) is 19.1 Å². The van der Waals surface area contributed by atoms with Gasteiger partial charge in [-0.3, -0.25) is 4.79 Å². The number of H-pyrrole nitrogens is 1. The third-order valence-electron chi connectivity index (χ3n) is 2.13. The number of rotatable bonds is 3. The Morgan fingerprint density at radius 1 is 1.50 bits per heavy atom. The number of nitrogens with one attached hydrogen (secondary N) is 1. The summed E-state index contributed by atoms with van der Waals surface area (Å²) in [6.07, 6.45) is 4.14. The van der Waals surface area contributed by atoms with Crippen LogP contribution < -0.4 is 5.56 Å². The molecule has 2 heterocycles. The van der Waals surface area contributed by atoms with Gasteiger partial charge in [-0.1, -0.05) is 0 Å². The van der Waals surface area contributed by atoms with Gasteiger partial charge in [-0.05, 0) is 6.42 Å². The van der Waals surface area contributed by atoms with Gasteiger partial charge in [0.15, 0.2) is 6.29 Å². The van der Waals surface area contributed by atoms with E-state index in [1.807, 2.05) is 0 Å². The molecule has 5 nitrogen and oxygen atoms in total. The molecule has 76 valence electrons. The smallest absolute Gasteiger partial charge is 0.253 e. The van der Waals surface area contributed by atoms with Crippen molar-refractivity contribution >= 4 is 0 Å². The van der Waals surface area contributed by atoms with Crippen molar-refractivity contribution in [1.29, 1.82) is 0 Å². The normalized spacial score (nSPS) is 17.4. The first-order chi connectivity index (χ1) is 6.86. The van der Waals surface area contributed by atoms with Crippen molar-refractivity contribution in [3.8, 4) is 0 Å². The Morgan fingerprint density at radius 2 is 2.29 bits per heavy atom. The van der Waals surface area contributed by atoms with Gasteiger partial charge in [0.05, 0.1) is 19.5 Å². The predicted molar refractivity (Wildman–Crippen MR) is 48.9 cm³/mol. The molecule has 2 rings (SSSR count). The van der Waals surface area contributed by atoms with Crippen LogP contribution in [0.1, 0.15) is 12.0 Å². The van der Waals surface area contributed by atoms with Crippen LogP contribution in [0.5, 0.6) is 0 Å². The van der Waals surface area contributed by atoms with E-state index in [4.69, 9.17) is 9.47 Å². The van der Waals surface area contributed by atoms with Crippen LogP contribution in [-0.2, 0) is 15.9 Å². The first-order valence-corrected chi connectivity index (χ1v) is 4.61. The Labute approximate surface area is 81.1 Å². The summed E-state index contributed by atoms with van der Waals surface area (Å²) in [5.74, 6) is 0. The standard InChI is InChI=1S/C9H12N2O3/c12-9-7(5-10-6-11-9)1-2-8-13-3-4-14-8/h5-6,8H,1-4H2,(H,10,11,12). The summed E-state index contributed by atoms with van der Waals surface area (Å²) in [7, 11) is 0. The number of aromatic nitrogens is 2. The van der Waals surface area contributed by atoms with Crippen LogP contribution >= 0.6 is 0 Å². The Bertz CT molecular complexity index is 344. The molecule has 5 heteroatoms. The Hall–Kier alpha value is -1.20. The minimum absolute atomic E-state index is 0.0852.